The van der Waals surface area contributed by atoms with E-state index in [1.165, 1.54) is 18.2 Å². The molecule has 0 aliphatic carbocycles. The highest BCUT2D eigenvalue weighted by Crippen LogP contribution is 2.37. The first kappa shape index (κ1) is 20.9. The summed E-state index contributed by atoms with van der Waals surface area (Å²) in [4.78, 5) is 12.9. The summed E-state index contributed by atoms with van der Waals surface area (Å²) in [7, 11) is 1.92. The number of benzene rings is 2. The quantitative estimate of drug-likeness (QED) is 0.430. The maximum Gasteiger partial charge on any atom is 0.235 e. The minimum Gasteiger partial charge on any atom is -1.00 e. The first-order valence-electron chi connectivity index (χ1n) is 8.60. The number of phenols is 1. The van der Waals surface area contributed by atoms with E-state index in [2.05, 4.69) is 0 Å². The summed E-state index contributed by atoms with van der Waals surface area (Å²) in [5.41, 5.74) is 2.76. The molecule has 0 unspecified atom stereocenters. The molecule has 148 valence electrons. The third-order valence-corrected chi connectivity index (χ3v) is 4.91. The van der Waals surface area contributed by atoms with Gasteiger partial charge in [0.2, 0.25) is 11.2 Å². The van der Waals surface area contributed by atoms with Crippen molar-refractivity contribution in [3.63, 3.8) is 0 Å². The van der Waals surface area contributed by atoms with E-state index >= 15 is 0 Å². The van der Waals surface area contributed by atoms with Crippen molar-refractivity contribution in [3.8, 4) is 33.9 Å². The summed E-state index contributed by atoms with van der Waals surface area (Å²) >= 11 is 5.98. The molecule has 0 saturated heterocycles. The number of aryl methyl sites for hydroxylation is 2. The fraction of sp³-hybridized carbons (Fsp3) is 0.0909. The van der Waals surface area contributed by atoms with Crippen LogP contribution in [0.15, 0.2) is 64.1 Å². The minimum absolute atomic E-state index is 0. The average molecular weight is 475 g/mol. The molecule has 2 aromatic heterocycles. The Morgan fingerprint density at radius 3 is 2.34 bits per heavy atom. The van der Waals surface area contributed by atoms with E-state index in [-0.39, 0.29) is 33.5 Å². The Bertz CT molecular complexity index is 1280. The van der Waals surface area contributed by atoms with Crippen molar-refractivity contribution in [1.29, 1.82) is 0 Å². The highest BCUT2D eigenvalue weighted by atomic mass is 79.9. The van der Waals surface area contributed by atoms with Gasteiger partial charge in [0, 0.05) is 23.3 Å². The second kappa shape index (κ2) is 7.89. The van der Waals surface area contributed by atoms with Crippen LogP contribution in [0.4, 0.5) is 0 Å². The molecule has 4 aromatic rings. The molecule has 29 heavy (non-hydrogen) atoms. The van der Waals surface area contributed by atoms with E-state index in [1.54, 1.807) is 6.07 Å². The molecule has 5 nitrogen and oxygen atoms in total. The molecule has 2 aromatic carbocycles. The summed E-state index contributed by atoms with van der Waals surface area (Å²) in [6, 6.07) is 11.8. The Balaban J connectivity index is 0.00000240. The number of aromatic nitrogens is 1. The van der Waals surface area contributed by atoms with Crippen molar-refractivity contribution in [2.75, 3.05) is 0 Å². The van der Waals surface area contributed by atoms with Crippen LogP contribution >= 0.6 is 11.6 Å². The van der Waals surface area contributed by atoms with E-state index in [4.69, 9.17) is 16.0 Å². The van der Waals surface area contributed by atoms with E-state index in [0.29, 0.717) is 16.5 Å². The number of nitrogens with zero attached hydrogens (tertiary/aromatic N) is 1. The molecule has 0 bridgehead atoms. The van der Waals surface area contributed by atoms with Gasteiger partial charge >= 0.3 is 0 Å². The van der Waals surface area contributed by atoms with Crippen molar-refractivity contribution in [3.05, 3.63) is 75.7 Å². The van der Waals surface area contributed by atoms with Gasteiger partial charge in [-0.3, -0.25) is 4.79 Å². The van der Waals surface area contributed by atoms with Gasteiger partial charge in [-0.15, -0.1) is 0 Å². The summed E-state index contributed by atoms with van der Waals surface area (Å²) in [6.45, 7) is 1.88. The zero-order chi connectivity index (χ0) is 20.0. The Morgan fingerprint density at radius 1 is 1.00 bits per heavy atom. The Hall–Kier alpha value is -2.83. The predicted octanol–water partition coefficient (Wildman–Crippen LogP) is 1.33. The summed E-state index contributed by atoms with van der Waals surface area (Å²) in [6.07, 6.45) is 3.81. The highest BCUT2D eigenvalue weighted by molar-refractivity contribution is 6.32. The second-order valence-corrected chi connectivity index (χ2v) is 7.12. The van der Waals surface area contributed by atoms with Crippen molar-refractivity contribution < 1.29 is 36.2 Å². The molecule has 0 aliphatic rings. The van der Waals surface area contributed by atoms with Crippen LogP contribution in [0.5, 0.6) is 11.5 Å². The molecule has 0 radical (unpaired) electrons. The van der Waals surface area contributed by atoms with Crippen LogP contribution in [0.2, 0.25) is 5.02 Å². The van der Waals surface area contributed by atoms with Gasteiger partial charge in [0.1, 0.15) is 18.4 Å². The van der Waals surface area contributed by atoms with Crippen molar-refractivity contribution in [2.24, 2.45) is 7.05 Å². The molecule has 2 N–H and O–H groups in total. The first-order valence-corrected chi connectivity index (χ1v) is 8.98. The molecule has 7 heteroatoms. The van der Waals surface area contributed by atoms with Gasteiger partial charge in [-0.2, -0.15) is 0 Å². The summed E-state index contributed by atoms with van der Waals surface area (Å²) in [5.74, 6) is -0.585. The fourth-order valence-electron chi connectivity index (χ4n) is 3.17. The SMILES string of the molecule is Cc1cc(-c2cc[n+](C)cc2)c2oc(-c3ccc(O)c(Cl)c3)c(O)c(=O)c2c1.[Br-]. The lowest BCUT2D eigenvalue weighted by molar-refractivity contribution is -0.671. The monoisotopic (exact) mass is 473 g/mol. The topological polar surface area (TPSA) is 74.6 Å². The van der Waals surface area contributed by atoms with Crippen molar-refractivity contribution in [1.82, 2.24) is 0 Å². The molecule has 4 rings (SSSR count). The van der Waals surface area contributed by atoms with Crippen LogP contribution in [0.3, 0.4) is 0 Å². The van der Waals surface area contributed by atoms with Gasteiger partial charge in [0.15, 0.2) is 18.2 Å². The predicted molar refractivity (Wildman–Crippen MR) is 108 cm³/mol. The summed E-state index contributed by atoms with van der Waals surface area (Å²) in [5, 5.41) is 20.5. The van der Waals surface area contributed by atoms with E-state index in [1.807, 2.05) is 49.1 Å². The maximum absolute atomic E-state index is 12.9. The number of fused-ring (bicyclic) bond motifs is 1. The van der Waals surface area contributed by atoms with Gasteiger partial charge in [0.05, 0.1) is 10.4 Å². The van der Waals surface area contributed by atoms with Crippen LogP contribution in [-0.4, -0.2) is 10.2 Å². The fourth-order valence-corrected chi connectivity index (χ4v) is 3.35. The molecular formula is C22H17BrClNO4. The lowest BCUT2D eigenvalue weighted by Gasteiger charge is -2.11. The van der Waals surface area contributed by atoms with Crippen molar-refractivity contribution in [2.45, 2.75) is 6.92 Å². The minimum atomic E-state index is -0.521. The Kier molecular flexibility index (Phi) is 5.68. The summed E-state index contributed by atoms with van der Waals surface area (Å²) < 4.78 is 7.94. The molecular weight excluding hydrogens is 458 g/mol. The van der Waals surface area contributed by atoms with Crippen molar-refractivity contribution >= 4 is 22.6 Å². The van der Waals surface area contributed by atoms with Gasteiger partial charge < -0.3 is 31.6 Å². The molecule has 0 fully saturated rings. The molecule has 2 heterocycles. The average Bonchev–Trinajstić information content (AvgIpc) is 2.67. The number of phenolic OH excluding ortho intramolecular Hbond substituents is 1. The smallest absolute Gasteiger partial charge is 0.235 e. The van der Waals surface area contributed by atoms with Crippen LogP contribution in [-0.2, 0) is 7.05 Å². The number of rotatable bonds is 2. The van der Waals surface area contributed by atoms with Crippen LogP contribution in [0.25, 0.3) is 33.4 Å². The number of hydrogen-bond acceptors (Lipinski definition) is 4. The third-order valence-electron chi connectivity index (χ3n) is 4.61. The standard InChI is InChI=1S/C22H16ClNO4.BrH/c1-12-9-15(13-5-7-24(2)8-6-13)22-16(10-12)19(26)20(27)21(28-22)14-3-4-18(25)17(23)11-14;/h3-11H,1-2H3,(H-,25,26,27);1H. The lowest BCUT2D eigenvalue weighted by atomic mass is 10.00. The van der Waals surface area contributed by atoms with Gasteiger partial charge in [-0.1, -0.05) is 11.6 Å². The number of halogens is 2. The first-order chi connectivity index (χ1) is 13.3. The van der Waals surface area contributed by atoms with Gasteiger partial charge in [-0.05, 0) is 48.4 Å². The Morgan fingerprint density at radius 2 is 1.69 bits per heavy atom. The molecule has 0 spiro atoms. The van der Waals surface area contributed by atoms with Crippen LogP contribution in [0, 0.1) is 6.92 Å². The zero-order valence-electron chi connectivity index (χ0n) is 15.6. The van der Waals surface area contributed by atoms with E-state index in [0.717, 1.165) is 16.7 Å². The largest absolute Gasteiger partial charge is 1.00 e. The number of aromatic hydroxyl groups is 2. The third kappa shape index (κ3) is 3.73. The van der Waals surface area contributed by atoms with E-state index in [9.17, 15) is 15.0 Å². The van der Waals surface area contributed by atoms with Crippen LogP contribution in [0.1, 0.15) is 5.56 Å². The molecule has 0 aliphatic heterocycles. The van der Waals surface area contributed by atoms with Crippen LogP contribution < -0.4 is 27.0 Å². The molecule has 0 atom stereocenters. The highest BCUT2D eigenvalue weighted by Gasteiger charge is 2.19. The molecule has 0 amide bonds. The van der Waals surface area contributed by atoms with E-state index < -0.39 is 11.2 Å². The Labute approximate surface area is 182 Å². The van der Waals surface area contributed by atoms with Gasteiger partial charge in [0.25, 0.3) is 0 Å². The lowest BCUT2D eigenvalue weighted by Crippen LogP contribution is -3.00. The molecule has 0 saturated carbocycles. The second-order valence-electron chi connectivity index (χ2n) is 6.72. The zero-order valence-corrected chi connectivity index (χ0v) is 18.0. The number of pyridine rings is 1. The van der Waals surface area contributed by atoms with Gasteiger partial charge in [-0.25, -0.2) is 4.57 Å². The normalized spacial score (nSPS) is 10.7. The maximum atomic E-state index is 12.9. The number of hydrogen-bond donors (Lipinski definition) is 2.